The third-order valence-electron chi connectivity index (χ3n) is 5.52. The van der Waals surface area contributed by atoms with Crippen LogP contribution in [0, 0.1) is 0 Å². The van der Waals surface area contributed by atoms with Crippen molar-refractivity contribution >= 4 is 38.9 Å². The summed E-state index contributed by atoms with van der Waals surface area (Å²) in [6.07, 6.45) is 3.38. The minimum absolute atomic E-state index is 0.257. The molecule has 0 unspecified atom stereocenters. The monoisotopic (exact) mass is 430 g/mol. The Hall–Kier alpha value is -1.99. The molecule has 0 fully saturated rings. The Bertz CT molecular complexity index is 1180. The molecule has 0 aliphatic heterocycles. The Morgan fingerprint density at radius 2 is 1.30 bits per heavy atom. The summed E-state index contributed by atoms with van der Waals surface area (Å²) in [6, 6.07) is 24.4. The van der Waals surface area contributed by atoms with Crippen molar-refractivity contribution in [2.45, 2.75) is 51.4 Å². The van der Waals surface area contributed by atoms with Gasteiger partial charge in [-0.1, -0.05) is 112 Å². The van der Waals surface area contributed by atoms with Gasteiger partial charge >= 0.3 is 0 Å². The first-order valence-corrected chi connectivity index (χ1v) is 17.9. The van der Waals surface area contributed by atoms with Crippen LogP contribution in [0.4, 0.5) is 0 Å². The lowest BCUT2D eigenvalue weighted by Crippen LogP contribution is -2.71. The van der Waals surface area contributed by atoms with Gasteiger partial charge in [0.2, 0.25) is 0 Å². The number of benzene rings is 3. The predicted molar refractivity (Wildman–Crippen MR) is 137 cm³/mol. The number of hydrogen-bond donors (Lipinski definition) is 2. The highest BCUT2D eigenvalue weighted by Crippen LogP contribution is 2.34. The van der Waals surface area contributed by atoms with Crippen LogP contribution in [0.25, 0.3) is 22.4 Å². The quantitative estimate of drug-likeness (QED) is 0.450. The molecule has 0 heterocycles. The third-order valence-corrected chi connectivity index (χ3v) is 7.87. The van der Waals surface area contributed by atoms with Crippen LogP contribution in [-0.2, 0) is 0 Å². The molecule has 0 saturated heterocycles. The highest BCUT2D eigenvalue weighted by atomic mass is 28.3. The second kappa shape index (κ2) is 7.61. The summed E-state index contributed by atoms with van der Waals surface area (Å²) >= 11 is 0. The van der Waals surface area contributed by atoms with E-state index in [0.717, 1.165) is 6.42 Å². The van der Waals surface area contributed by atoms with Gasteiger partial charge < -0.3 is 9.96 Å². The van der Waals surface area contributed by atoms with E-state index in [2.05, 4.69) is 122 Å². The maximum atomic E-state index is 4.18. The van der Waals surface area contributed by atoms with Crippen LogP contribution in [-0.4, -0.2) is 22.1 Å². The average molecular weight is 431 g/mol. The molecule has 0 bridgehead atoms. The molecule has 4 heteroatoms. The Balaban J connectivity index is 2.12. The summed E-state index contributed by atoms with van der Waals surface area (Å²) < 4.78 is 0. The molecular weight excluding hydrogens is 396 g/mol. The Labute approximate surface area is 182 Å². The Morgan fingerprint density at radius 1 is 0.700 bits per heavy atom. The fourth-order valence-corrected chi connectivity index (χ4v) is 8.12. The molecule has 0 amide bonds. The molecule has 2 nitrogen and oxygen atoms in total. The number of nitrogens with one attached hydrogen (secondary N) is 2. The van der Waals surface area contributed by atoms with Crippen LogP contribution in [0.2, 0.25) is 39.3 Å². The SMILES string of the molecule is C[Si](C)(C)NC1(N[Si](C)(C)C)CC=c2ccccc2=C1c1cccc2ccccc12. The average Bonchev–Trinajstić information content (AvgIpc) is 2.65. The number of hydrogen-bond acceptors (Lipinski definition) is 2. The van der Waals surface area contributed by atoms with Gasteiger partial charge in [-0.15, -0.1) is 0 Å². The third kappa shape index (κ3) is 4.23. The molecule has 3 aromatic carbocycles. The van der Waals surface area contributed by atoms with Crippen molar-refractivity contribution < 1.29 is 0 Å². The zero-order valence-electron chi connectivity index (χ0n) is 19.1. The first kappa shape index (κ1) is 21.3. The largest absolute Gasteiger partial charge is 0.317 e. The molecule has 2 N–H and O–H groups in total. The van der Waals surface area contributed by atoms with E-state index in [0.29, 0.717) is 0 Å². The van der Waals surface area contributed by atoms with E-state index in [1.165, 1.54) is 32.3 Å². The molecule has 1 aliphatic carbocycles. The van der Waals surface area contributed by atoms with Gasteiger partial charge in [-0.2, -0.15) is 0 Å². The van der Waals surface area contributed by atoms with E-state index in [-0.39, 0.29) is 5.66 Å². The van der Waals surface area contributed by atoms with Crippen molar-refractivity contribution in [2.75, 3.05) is 0 Å². The van der Waals surface area contributed by atoms with Crippen molar-refractivity contribution in [3.8, 4) is 0 Å². The molecule has 4 rings (SSSR count). The van der Waals surface area contributed by atoms with Gasteiger partial charge in [-0.3, -0.25) is 0 Å². The lowest BCUT2D eigenvalue weighted by Gasteiger charge is -2.47. The van der Waals surface area contributed by atoms with Gasteiger partial charge in [0.15, 0.2) is 0 Å². The standard InChI is InChI=1S/C26H34N2Si2/c1-29(2,3)27-26(28-30(4,5)6)19-18-21-13-8-10-16-23(21)25(26)24-17-11-14-20-12-7-9-15-22(20)24/h7-18,27-28H,19H2,1-6H3. The lowest BCUT2D eigenvalue weighted by atomic mass is 9.83. The van der Waals surface area contributed by atoms with Crippen molar-refractivity contribution in [2.24, 2.45) is 0 Å². The smallest absolute Gasteiger partial charge is 0.118 e. The second-order valence-electron chi connectivity index (χ2n) is 10.6. The number of rotatable bonds is 5. The summed E-state index contributed by atoms with van der Waals surface area (Å²) in [6.45, 7) is 14.4. The summed E-state index contributed by atoms with van der Waals surface area (Å²) in [5, 5.41) is 5.30. The molecular formula is C26H34N2Si2. The molecule has 0 radical (unpaired) electrons. The topological polar surface area (TPSA) is 24.1 Å². The summed E-state index contributed by atoms with van der Waals surface area (Å²) in [5.41, 5.74) is 2.49. The van der Waals surface area contributed by atoms with Crippen LogP contribution in [0.5, 0.6) is 0 Å². The maximum Gasteiger partial charge on any atom is 0.118 e. The van der Waals surface area contributed by atoms with Gasteiger partial charge in [0.05, 0.1) is 5.66 Å². The second-order valence-corrected chi connectivity index (χ2v) is 20.1. The van der Waals surface area contributed by atoms with Crippen LogP contribution in [0.3, 0.4) is 0 Å². The van der Waals surface area contributed by atoms with E-state index < -0.39 is 16.5 Å². The van der Waals surface area contributed by atoms with Crippen molar-refractivity contribution in [1.29, 1.82) is 0 Å². The molecule has 156 valence electrons. The fraction of sp³-hybridized carbons (Fsp3) is 0.308. The lowest BCUT2D eigenvalue weighted by molar-refractivity contribution is 0.468. The van der Waals surface area contributed by atoms with Gasteiger partial charge in [-0.05, 0) is 26.8 Å². The molecule has 0 spiro atoms. The first-order chi connectivity index (χ1) is 14.1. The summed E-state index contributed by atoms with van der Waals surface area (Å²) in [5.74, 6) is 0. The summed E-state index contributed by atoms with van der Waals surface area (Å²) in [7, 11) is -3.22. The first-order valence-electron chi connectivity index (χ1n) is 10.9. The predicted octanol–water partition coefficient (Wildman–Crippen LogP) is 4.77. The minimum Gasteiger partial charge on any atom is -0.317 e. The molecule has 30 heavy (non-hydrogen) atoms. The van der Waals surface area contributed by atoms with Gasteiger partial charge in [0.25, 0.3) is 0 Å². The minimum atomic E-state index is -1.61. The number of fused-ring (bicyclic) bond motifs is 2. The maximum absolute atomic E-state index is 4.18. The Kier molecular flexibility index (Phi) is 5.39. The van der Waals surface area contributed by atoms with Gasteiger partial charge in [0.1, 0.15) is 16.5 Å². The van der Waals surface area contributed by atoms with Gasteiger partial charge in [0, 0.05) is 12.0 Å². The molecule has 3 aromatic rings. The van der Waals surface area contributed by atoms with E-state index in [9.17, 15) is 0 Å². The fourth-order valence-electron chi connectivity index (χ4n) is 4.85. The van der Waals surface area contributed by atoms with Gasteiger partial charge in [-0.25, -0.2) is 0 Å². The van der Waals surface area contributed by atoms with E-state index >= 15 is 0 Å². The van der Waals surface area contributed by atoms with Crippen LogP contribution in [0.1, 0.15) is 12.0 Å². The highest BCUT2D eigenvalue weighted by molar-refractivity contribution is 6.75. The van der Waals surface area contributed by atoms with Crippen molar-refractivity contribution in [1.82, 2.24) is 9.96 Å². The molecule has 0 atom stereocenters. The van der Waals surface area contributed by atoms with Crippen molar-refractivity contribution in [3.63, 3.8) is 0 Å². The zero-order chi connectivity index (χ0) is 21.6. The molecule has 1 aliphatic rings. The highest BCUT2D eigenvalue weighted by Gasteiger charge is 2.42. The zero-order valence-corrected chi connectivity index (χ0v) is 21.1. The summed E-state index contributed by atoms with van der Waals surface area (Å²) in [4.78, 5) is 8.35. The van der Waals surface area contributed by atoms with E-state index in [1.54, 1.807) is 0 Å². The van der Waals surface area contributed by atoms with Crippen LogP contribution in [0.15, 0.2) is 66.7 Å². The van der Waals surface area contributed by atoms with Crippen LogP contribution < -0.4 is 20.4 Å². The Morgan fingerprint density at radius 3 is 2.00 bits per heavy atom. The molecule has 0 aromatic heterocycles. The van der Waals surface area contributed by atoms with Crippen LogP contribution >= 0.6 is 0 Å². The van der Waals surface area contributed by atoms with E-state index in [4.69, 9.17) is 0 Å². The molecule has 0 saturated carbocycles. The van der Waals surface area contributed by atoms with E-state index in [1.807, 2.05) is 0 Å². The normalized spacial score (nSPS) is 16.3. The van der Waals surface area contributed by atoms with Crippen molar-refractivity contribution in [3.05, 3.63) is 82.7 Å².